The maximum Gasteiger partial charge on any atom is 0.338 e. The Kier molecular flexibility index (Phi) is 23.4. The van der Waals surface area contributed by atoms with Gasteiger partial charge in [-0.1, -0.05) is 32.0 Å². The van der Waals surface area contributed by atoms with E-state index in [4.69, 9.17) is 75.8 Å². The summed E-state index contributed by atoms with van der Waals surface area (Å²) in [6.45, 7) is 10.7. The van der Waals surface area contributed by atoms with E-state index in [0.29, 0.717) is 31.2 Å². The molecule has 97 heavy (non-hydrogen) atoms. The van der Waals surface area contributed by atoms with Gasteiger partial charge in [0.05, 0.1) is 84.7 Å². The SMILES string of the molecule is CO[C@@H]1[C@@H](O)[C@H](O[C@@H]2[C@@H](C)O[C@@H](O[C@H]3[C@@H](OC)C[C@H](O[C@H]4[C@@H](O)C[C@H](O[C@H]5CC[C@@]6(C)[C@@H](CC[C@]7(O)[C@@H]6C[C@@H](OC(=O)c6ccccc6)[C@@]6(C)[C@]7(O)CC[C@@]6(O)[C@H](C)O)C5)O[C@@H]4C)O[C@@H]3C)C[C@H]2OC)O[C@H](C)[C@H]1O[C@@H]1O[C@H](CO)[C@@H](O[C@@H]2O[C@H](CO)[C@@H](O)[C@H](O)[C@H]2O)[C@H](O)[C@H]1O. The Hall–Kier alpha value is -2.43. The predicted molar refractivity (Wildman–Crippen MR) is 329 cm³/mol. The van der Waals surface area contributed by atoms with Gasteiger partial charge in [0.1, 0.15) is 103 Å². The van der Waals surface area contributed by atoms with Gasteiger partial charge in [-0.15, -0.1) is 0 Å². The number of aliphatic hydroxyl groups excluding tert-OH is 10. The fourth-order valence-electron chi connectivity index (χ4n) is 18.4. The third kappa shape index (κ3) is 13.7. The molecule has 30 nitrogen and oxygen atoms in total. The summed E-state index contributed by atoms with van der Waals surface area (Å²) >= 11 is 0. The number of carbonyl (C=O) groups is 1. The van der Waals surface area contributed by atoms with Crippen LogP contribution in [0.15, 0.2) is 30.3 Å². The summed E-state index contributed by atoms with van der Waals surface area (Å²) in [5.41, 5.74) is -7.30. The van der Waals surface area contributed by atoms with Gasteiger partial charge in [-0.25, -0.2) is 4.79 Å². The molecule has 11 rings (SSSR count). The second-order valence-electron chi connectivity index (χ2n) is 29.4. The quantitative estimate of drug-likeness (QED) is 0.0531. The van der Waals surface area contributed by atoms with Crippen LogP contribution in [-0.4, -0.2) is 308 Å². The maximum absolute atomic E-state index is 13.8. The van der Waals surface area contributed by atoms with Crippen molar-refractivity contribution in [1.82, 2.24) is 0 Å². The first-order valence-electron chi connectivity index (χ1n) is 34.5. The van der Waals surface area contributed by atoms with Crippen molar-refractivity contribution in [2.75, 3.05) is 34.5 Å². The Morgan fingerprint density at radius 2 is 1.07 bits per heavy atom. The van der Waals surface area contributed by atoms with Crippen molar-refractivity contribution in [1.29, 1.82) is 0 Å². The minimum atomic E-state index is -1.91. The van der Waals surface area contributed by atoms with Gasteiger partial charge in [-0.2, -0.15) is 0 Å². The smallest absolute Gasteiger partial charge is 0.338 e. The van der Waals surface area contributed by atoms with E-state index >= 15 is 0 Å². The topological polar surface area (TPSA) is 428 Å². The molecule has 10 aliphatic rings. The zero-order valence-electron chi connectivity index (χ0n) is 56.8. The largest absolute Gasteiger partial charge is 0.458 e. The number of benzene rings is 1. The summed E-state index contributed by atoms with van der Waals surface area (Å²) in [5.74, 6) is -1.14. The van der Waals surface area contributed by atoms with Gasteiger partial charge >= 0.3 is 5.97 Å². The molecule has 0 bridgehead atoms. The van der Waals surface area contributed by atoms with Crippen LogP contribution < -0.4 is 0 Å². The molecule has 1 aromatic rings. The van der Waals surface area contributed by atoms with Gasteiger partial charge in [-0.05, 0) is 115 Å². The Labute approximate surface area is 564 Å². The second kappa shape index (κ2) is 30.0. The van der Waals surface area contributed by atoms with Crippen LogP contribution in [-0.2, 0) is 75.8 Å². The van der Waals surface area contributed by atoms with Crippen molar-refractivity contribution < 1.29 is 147 Å². The van der Waals surface area contributed by atoms with Crippen LogP contribution in [0.2, 0.25) is 0 Å². The molecule has 13 N–H and O–H groups in total. The lowest BCUT2D eigenvalue weighted by atomic mass is 9.40. The third-order valence-electron chi connectivity index (χ3n) is 24.1. The van der Waals surface area contributed by atoms with E-state index < -0.39 is 231 Å². The minimum absolute atomic E-state index is 0.000185. The van der Waals surface area contributed by atoms with Crippen LogP contribution in [0.5, 0.6) is 0 Å². The molecule has 0 radical (unpaired) electrons. The standard InChI is InChI=1S/C67H106O30/c1-29-53(37(71)23-44(85-29)89-36-17-18-63(6)35(22-36)16-19-66(80)42(63)26-43(92-59(78)34-14-12-11-13-15-34)64(7)65(79,33(5)70)20-21-67(64,66)81)93-45-24-38(82-8)54(30(2)86-45)94-46-25-39(83-9)55(31(3)87-46)95-62-52(77)58(84-10)56(32(4)88-62)96-61-51(76)49(74)57(41(28-69)91-61)97-60-50(75)48(73)47(72)40(27-68)90-60/h11-15,29-33,35-58,60-62,68-77,79-81H,16-28H2,1-10H3/t29-,30-,31-,32-,33+,35+,36+,37+,38+,39-,40-,41-,42-,43-,44+,45+,46+,47-,48+,49-,50-,51-,52-,53-,54-,55-,56-,57-,58-,60+,61+,62+,63+,64-,65-,66+,67-/m1/s1. The number of methoxy groups -OCH3 is 3. The summed E-state index contributed by atoms with van der Waals surface area (Å²) in [7, 11) is 4.36. The molecule has 30 heteroatoms. The molecule has 6 aliphatic heterocycles. The highest BCUT2D eigenvalue weighted by Gasteiger charge is 2.82. The monoisotopic (exact) mass is 1390 g/mol. The Morgan fingerprint density at radius 1 is 0.536 bits per heavy atom. The van der Waals surface area contributed by atoms with E-state index in [2.05, 4.69) is 6.92 Å². The Morgan fingerprint density at radius 3 is 1.66 bits per heavy atom. The van der Waals surface area contributed by atoms with E-state index in [9.17, 15) is 71.2 Å². The lowest BCUT2D eigenvalue weighted by Gasteiger charge is -2.69. The van der Waals surface area contributed by atoms with Crippen LogP contribution >= 0.6 is 0 Å². The number of hydrogen-bond acceptors (Lipinski definition) is 30. The van der Waals surface area contributed by atoms with E-state index in [1.54, 1.807) is 58.2 Å². The molecule has 6 heterocycles. The van der Waals surface area contributed by atoms with Gasteiger partial charge in [0.2, 0.25) is 0 Å². The zero-order valence-corrected chi connectivity index (χ0v) is 56.8. The van der Waals surface area contributed by atoms with Crippen LogP contribution in [0.25, 0.3) is 0 Å². The van der Waals surface area contributed by atoms with Crippen molar-refractivity contribution in [3.05, 3.63) is 35.9 Å². The van der Waals surface area contributed by atoms with Gasteiger partial charge in [0.15, 0.2) is 37.7 Å². The van der Waals surface area contributed by atoms with Crippen molar-refractivity contribution in [2.24, 2.45) is 22.7 Å². The second-order valence-corrected chi connectivity index (χ2v) is 29.4. The van der Waals surface area contributed by atoms with Crippen LogP contribution in [0.4, 0.5) is 0 Å². The van der Waals surface area contributed by atoms with Crippen LogP contribution in [0.3, 0.4) is 0 Å². The van der Waals surface area contributed by atoms with Gasteiger partial charge in [-0.3, -0.25) is 0 Å². The number of carbonyl (C=O) groups excluding carboxylic acids is 1. The summed E-state index contributed by atoms with van der Waals surface area (Å²) < 4.78 is 98.7. The number of hydrogen-bond donors (Lipinski definition) is 13. The van der Waals surface area contributed by atoms with E-state index in [-0.39, 0.29) is 57.0 Å². The summed E-state index contributed by atoms with van der Waals surface area (Å²) in [5, 5.41) is 147. The highest BCUT2D eigenvalue weighted by atomic mass is 16.8. The summed E-state index contributed by atoms with van der Waals surface area (Å²) in [6.07, 6.45) is -31.4. The van der Waals surface area contributed by atoms with Crippen molar-refractivity contribution in [3.8, 4) is 0 Å². The molecule has 0 unspecified atom stereocenters. The lowest BCUT2D eigenvalue weighted by molar-refractivity contribution is -0.385. The average Bonchev–Trinajstić information content (AvgIpc) is 1.58. The van der Waals surface area contributed by atoms with Crippen LogP contribution in [0.1, 0.15) is 129 Å². The molecule has 1 aromatic carbocycles. The number of ether oxygens (including phenoxy) is 16. The number of rotatable bonds is 20. The first-order chi connectivity index (χ1) is 45.9. The fraction of sp³-hybridized carbons (Fsp3) is 0.896. The summed E-state index contributed by atoms with van der Waals surface area (Å²) in [4.78, 5) is 13.8. The van der Waals surface area contributed by atoms with Crippen LogP contribution in [0, 0.1) is 22.7 Å². The van der Waals surface area contributed by atoms with Gasteiger partial charge < -0.3 is 142 Å². The number of fused-ring (bicyclic) bond motifs is 5. The molecule has 4 saturated carbocycles. The first kappa shape index (κ1) is 75.7. The molecule has 0 spiro atoms. The number of aliphatic hydroxyl groups is 13. The summed E-state index contributed by atoms with van der Waals surface area (Å²) in [6, 6.07) is 8.51. The van der Waals surface area contributed by atoms with Gasteiger partial charge in [0, 0.05) is 40.6 Å². The highest BCUT2D eigenvalue weighted by Crippen LogP contribution is 2.72. The molecule has 10 fully saturated rings. The molecule has 554 valence electrons. The fourth-order valence-corrected chi connectivity index (χ4v) is 18.4. The van der Waals surface area contributed by atoms with E-state index in [1.807, 2.05) is 13.8 Å². The predicted octanol–water partition coefficient (Wildman–Crippen LogP) is -1.33. The van der Waals surface area contributed by atoms with Gasteiger partial charge in [0.25, 0.3) is 0 Å². The maximum atomic E-state index is 13.8. The molecular formula is C67H106O30. The molecule has 37 atom stereocenters. The Bertz CT molecular complexity index is 2730. The average molecular weight is 1390 g/mol. The van der Waals surface area contributed by atoms with E-state index in [1.165, 1.54) is 21.1 Å². The van der Waals surface area contributed by atoms with Crippen molar-refractivity contribution >= 4 is 5.97 Å². The zero-order chi connectivity index (χ0) is 70.2. The first-order valence-corrected chi connectivity index (χ1v) is 34.5. The third-order valence-corrected chi connectivity index (χ3v) is 24.1. The number of esters is 1. The lowest BCUT2D eigenvalue weighted by Crippen LogP contribution is -2.79. The highest BCUT2D eigenvalue weighted by molar-refractivity contribution is 5.89. The molecular weight excluding hydrogens is 1280 g/mol. The molecule has 4 aliphatic carbocycles. The molecule has 0 aromatic heterocycles. The Balaban J connectivity index is 0.652. The minimum Gasteiger partial charge on any atom is -0.458 e. The normalized spacial score (nSPS) is 52.1. The molecule has 6 saturated heterocycles. The van der Waals surface area contributed by atoms with Crippen molar-refractivity contribution in [2.45, 2.75) is 320 Å². The van der Waals surface area contributed by atoms with E-state index in [0.717, 1.165) is 0 Å². The van der Waals surface area contributed by atoms with Crippen molar-refractivity contribution in [3.63, 3.8) is 0 Å². The molecule has 0 amide bonds.